The molecule has 0 fully saturated rings. The summed E-state index contributed by atoms with van der Waals surface area (Å²) in [5, 5.41) is 3.76. The normalized spacial score (nSPS) is 13.2. The Morgan fingerprint density at radius 2 is 2.50 bits per heavy atom. The SMILES string of the molecule is C1=CN=c2nnsc2=CN=1. The lowest BCUT2D eigenvalue weighted by Crippen LogP contribution is -2.19. The molecule has 0 unspecified atom stereocenters. The lowest BCUT2D eigenvalue weighted by atomic mass is 10.7. The molecule has 48 valence electrons. The van der Waals surface area contributed by atoms with Crippen LogP contribution in [0.3, 0.4) is 0 Å². The van der Waals surface area contributed by atoms with Crippen molar-refractivity contribution in [1.82, 2.24) is 9.59 Å². The van der Waals surface area contributed by atoms with E-state index < -0.39 is 0 Å². The lowest BCUT2D eigenvalue weighted by molar-refractivity contribution is 1.05. The molecule has 1 aromatic heterocycles. The Balaban J connectivity index is 2.94. The van der Waals surface area contributed by atoms with E-state index in [1.807, 2.05) is 0 Å². The first-order valence-electron chi connectivity index (χ1n) is 2.60. The van der Waals surface area contributed by atoms with Crippen LogP contribution in [0.5, 0.6) is 0 Å². The van der Waals surface area contributed by atoms with Crippen LogP contribution in [0.15, 0.2) is 16.2 Å². The summed E-state index contributed by atoms with van der Waals surface area (Å²) in [7, 11) is 0. The highest BCUT2D eigenvalue weighted by molar-refractivity contribution is 7.03. The van der Waals surface area contributed by atoms with Gasteiger partial charge >= 0.3 is 0 Å². The number of nitrogens with zero attached hydrogens (tertiary/aromatic N) is 4. The van der Waals surface area contributed by atoms with Crippen molar-refractivity contribution in [2.45, 2.75) is 0 Å². The molecule has 0 amide bonds. The predicted molar refractivity (Wildman–Crippen MR) is 37.2 cm³/mol. The molecule has 0 aromatic carbocycles. The lowest BCUT2D eigenvalue weighted by Gasteiger charge is -1.64. The highest BCUT2D eigenvalue weighted by atomic mass is 32.1. The maximum atomic E-state index is 3.92. The topological polar surface area (TPSA) is 50.5 Å². The Kier molecular flexibility index (Phi) is 1.16. The van der Waals surface area contributed by atoms with Crippen molar-refractivity contribution in [2.24, 2.45) is 9.98 Å². The summed E-state index contributed by atoms with van der Waals surface area (Å²) in [4.78, 5) is 7.71. The molecule has 4 nitrogen and oxygen atoms in total. The first kappa shape index (κ1) is 5.46. The van der Waals surface area contributed by atoms with Gasteiger partial charge in [0.1, 0.15) is 4.53 Å². The summed E-state index contributed by atoms with van der Waals surface area (Å²) in [5.74, 6) is 2.60. The number of hydrogen-bond acceptors (Lipinski definition) is 5. The van der Waals surface area contributed by atoms with Gasteiger partial charge in [-0.1, -0.05) is 4.49 Å². The van der Waals surface area contributed by atoms with Crippen molar-refractivity contribution in [1.29, 1.82) is 0 Å². The van der Waals surface area contributed by atoms with E-state index in [0.29, 0.717) is 5.49 Å². The van der Waals surface area contributed by atoms with E-state index >= 15 is 0 Å². The first-order chi connectivity index (χ1) is 4.97. The molecular weight excluding hydrogens is 148 g/mol. The summed E-state index contributed by atoms with van der Waals surface area (Å²) < 4.78 is 4.58. The van der Waals surface area contributed by atoms with E-state index in [2.05, 4.69) is 25.4 Å². The molecule has 0 N–H and O–H groups in total. The van der Waals surface area contributed by atoms with Gasteiger partial charge in [-0.15, -0.1) is 5.10 Å². The van der Waals surface area contributed by atoms with E-state index in [4.69, 9.17) is 0 Å². The van der Waals surface area contributed by atoms with E-state index in [-0.39, 0.29) is 0 Å². The predicted octanol–water partition coefficient (Wildman–Crippen LogP) is -0.907. The average Bonchev–Trinajstić information content (AvgIpc) is 2.28. The molecule has 1 aliphatic rings. The maximum Gasteiger partial charge on any atom is 0.196 e. The number of aromatic nitrogens is 2. The fourth-order valence-electron chi connectivity index (χ4n) is 0.583. The van der Waals surface area contributed by atoms with E-state index in [0.717, 1.165) is 4.53 Å². The van der Waals surface area contributed by atoms with Gasteiger partial charge in [0.25, 0.3) is 0 Å². The quantitative estimate of drug-likeness (QED) is 0.481. The molecule has 0 atom stereocenters. The van der Waals surface area contributed by atoms with Crippen LogP contribution >= 0.6 is 11.5 Å². The van der Waals surface area contributed by atoms with Gasteiger partial charge in [-0.25, -0.2) is 9.98 Å². The van der Waals surface area contributed by atoms with Gasteiger partial charge in [-0.2, -0.15) is 0 Å². The average molecular weight is 150 g/mol. The standard InChI is InChI=1S/C5H2N4S/c1-2-7-5-4(3-6-1)10-9-8-5/h2-3H. The third kappa shape index (κ3) is 0.775. The van der Waals surface area contributed by atoms with Gasteiger partial charge in [0.2, 0.25) is 0 Å². The molecular formula is C5H2N4S. The van der Waals surface area contributed by atoms with Gasteiger partial charge in [-0.3, -0.25) is 0 Å². The third-order valence-corrected chi connectivity index (χ3v) is 1.64. The third-order valence-electron chi connectivity index (χ3n) is 0.996. The zero-order valence-corrected chi connectivity index (χ0v) is 5.67. The Morgan fingerprint density at radius 1 is 1.50 bits per heavy atom. The second-order valence-electron chi connectivity index (χ2n) is 1.61. The highest BCUT2D eigenvalue weighted by Crippen LogP contribution is 1.74. The highest BCUT2D eigenvalue weighted by Gasteiger charge is 1.90. The molecule has 5 heteroatoms. The smallest absolute Gasteiger partial charge is 0.196 e. The van der Waals surface area contributed by atoms with Crippen molar-refractivity contribution in [3.8, 4) is 0 Å². The summed E-state index contributed by atoms with van der Waals surface area (Å²) >= 11 is 1.27. The van der Waals surface area contributed by atoms with Crippen LogP contribution in [0.4, 0.5) is 0 Å². The summed E-state index contributed by atoms with van der Waals surface area (Å²) in [6, 6.07) is 0. The number of rotatable bonds is 0. The Bertz CT molecular complexity index is 375. The Hall–Kier alpha value is -1.32. The molecule has 0 saturated carbocycles. The zero-order valence-electron chi connectivity index (χ0n) is 4.85. The van der Waals surface area contributed by atoms with Crippen molar-refractivity contribution in [2.75, 3.05) is 0 Å². The molecule has 10 heavy (non-hydrogen) atoms. The molecule has 0 bridgehead atoms. The van der Waals surface area contributed by atoms with Crippen molar-refractivity contribution < 1.29 is 0 Å². The Labute approximate surface area is 60.1 Å². The molecule has 1 aliphatic heterocycles. The fourth-order valence-corrected chi connectivity index (χ4v) is 1.06. The van der Waals surface area contributed by atoms with Crippen LogP contribution in [0, 0.1) is 0 Å². The molecule has 2 rings (SSSR count). The fraction of sp³-hybridized carbons (Fsp3) is 0. The second-order valence-corrected chi connectivity index (χ2v) is 2.39. The molecule has 0 radical (unpaired) electrons. The van der Waals surface area contributed by atoms with E-state index in [9.17, 15) is 0 Å². The zero-order chi connectivity index (χ0) is 6.81. The largest absolute Gasteiger partial charge is 0.224 e. The minimum atomic E-state index is 0.624. The molecule has 1 aromatic rings. The molecule has 0 saturated heterocycles. The maximum absolute atomic E-state index is 3.92. The number of fused-ring (bicyclic) bond motifs is 1. The van der Waals surface area contributed by atoms with Gasteiger partial charge in [-0.05, 0) is 11.5 Å². The Morgan fingerprint density at radius 3 is 3.50 bits per heavy atom. The van der Waals surface area contributed by atoms with Crippen molar-refractivity contribution in [3.63, 3.8) is 0 Å². The first-order valence-corrected chi connectivity index (χ1v) is 3.37. The minimum absolute atomic E-state index is 0.624. The summed E-state index contributed by atoms with van der Waals surface area (Å²) in [6.07, 6.45) is 3.12. The van der Waals surface area contributed by atoms with Crippen molar-refractivity contribution >= 4 is 23.6 Å². The van der Waals surface area contributed by atoms with Crippen LogP contribution in [0.2, 0.25) is 0 Å². The molecule has 0 aliphatic carbocycles. The van der Waals surface area contributed by atoms with Crippen molar-refractivity contribution in [3.05, 3.63) is 16.2 Å². The van der Waals surface area contributed by atoms with Crippen LogP contribution in [0.25, 0.3) is 6.20 Å². The van der Waals surface area contributed by atoms with Crippen LogP contribution in [-0.4, -0.2) is 15.5 Å². The van der Waals surface area contributed by atoms with E-state index in [1.165, 1.54) is 17.7 Å². The number of hydrogen-bond donors (Lipinski definition) is 0. The van der Waals surface area contributed by atoms with Gasteiger partial charge in [0.15, 0.2) is 5.49 Å². The van der Waals surface area contributed by atoms with E-state index in [1.54, 1.807) is 6.20 Å². The number of aliphatic imine (C=N–C) groups is 1. The van der Waals surface area contributed by atoms with Crippen LogP contribution in [-0.2, 0) is 0 Å². The summed E-state index contributed by atoms with van der Waals surface area (Å²) in [5.41, 5.74) is 0.624. The second kappa shape index (κ2) is 2.13. The van der Waals surface area contributed by atoms with Gasteiger partial charge in [0, 0.05) is 5.87 Å². The van der Waals surface area contributed by atoms with Gasteiger partial charge < -0.3 is 0 Å². The van der Waals surface area contributed by atoms with Crippen LogP contribution in [0.1, 0.15) is 0 Å². The minimum Gasteiger partial charge on any atom is -0.224 e. The monoisotopic (exact) mass is 150 g/mol. The van der Waals surface area contributed by atoms with Gasteiger partial charge in [0.05, 0.1) is 12.4 Å². The summed E-state index contributed by atoms with van der Waals surface area (Å²) in [6.45, 7) is 0. The molecule has 2 heterocycles. The van der Waals surface area contributed by atoms with Crippen LogP contribution < -0.4 is 10.0 Å². The molecule has 0 spiro atoms.